The van der Waals surface area contributed by atoms with Gasteiger partial charge in [-0.3, -0.25) is 0 Å². The van der Waals surface area contributed by atoms with Crippen LogP contribution in [0.3, 0.4) is 0 Å². The van der Waals surface area contributed by atoms with Crippen LogP contribution in [0.2, 0.25) is 0 Å². The average Bonchev–Trinajstić information content (AvgIpc) is 2.24. The van der Waals surface area contributed by atoms with Gasteiger partial charge < -0.3 is 9.84 Å². The number of hydrogen-bond donors (Lipinski definition) is 1. The van der Waals surface area contributed by atoms with E-state index in [-0.39, 0.29) is 0 Å². The monoisotopic (exact) mass is 298 g/mol. The minimum Gasteiger partial charge on any atom is -0.467 e. The second-order valence-electron chi connectivity index (χ2n) is 2.81. The van der Waals surface area contributed by atoms with Gasteiger partial charge in [-0.05, 0) is 15.9 Å². The lowest BCUT2D eigenvalue weighted by Gasteiger charge is -2.11. The molecule has 0 bridgehead atoms. The molecule has 1 atom stereocenters. The van der Waals surface area contributed by atoms with Crippen molar-refractivity contribution in [3.05, 3.63) is 33.6 Å². The van der Waals surface area contributed by atoms with Crippen LogP contribution < -0.4 is 0 Å². The SMILES string of the molecule is COC(=O)C(O)c1c(F)cc(F)c(Br)c1F. The van der Waals surface area contributed by atoms with Crippen molar-refractivity contribution in [2.24, 2.45) is 0 Å². The number of rotatable bonds is 2. The number of halogens is 4. The molecule has 1 unspecified atom stereocenters. The third kappa shape index (κ3) is 2.19. The van der Waals surface area contributed by atoms with Gasteiger partial charge in [-0.25, -0.2) is 18.0 Å². The first-order valence-corrected chi connectivity index (χ1v) is 4.78. The summed E-state index contributed by atoms with van der Waals surface area (Å²) in [5.74, 6) is -5.15. The summed E-state index contributed by atoms with van der Waals surface area (Å²) in [6, 6.07) is 0.356. The van der Waals surface area contributed by atoms with Gasteiger partial charge in [0.25, 0.3) is 0 Å². The first kappa shape index (κ1) is 13.0. The average molecular weight is 299 g/mol. The molecule has 0 heterocycles. The summed E-state index contributed by atoms with van der Waals surface area (Å²) in [7, 11) is 0.944. The summed E-state index contributed by atoms with van der Waals surface area (Å²) in [6.07, 6.45) is -2.14. The van der Waals surface area contributed by atoms with Crippen LogP contribution in [-0.2, 0) is 9.53 Å². The van der Waals surface area contributed by atoms with Crippen molar-refractivity contribution < 1.29 is 27.8 Å². The maximum absolute atomic E-state index is 13.4. The maximum Gasteiger partial charge on any atom is 0.339 e. The van der Waals surface area contributed by atoms with Gasteiger partial charge in [-0.2, -0.15) is 0 Å². The zero-order valence-corrected chi connectivity index (χ0v) is 9.52. The summed E-state index contributed by atoms with van der Waals surface area (Å²) in [5, 5.41) is 9.27. The van der Waals surface area contributed by atoms with Gasteiger partial charge in [0.05, 0.1) is 17.1 Å². The van der Waals surface area contributed by atoms with E-state index in [4.69, 9.17) is 0 Å². The van der Waals surface area contributed by atoms with Crippen LogP contribution in [0.25, 0.3) is 0 Å². The highest BCUT2D eigenvalue weighted by molar-refractivity contribution is 9.10. The zero-order valence-electron chi connectivity index (χ0n) is 7.93. The standard InChI is InChI=1S/C9H6BrF3O3/c1-16-9(15)8(14)5-3(11)2-4(12)6(10)7(5)13/h2,8,14H,1H3. The van der Waals surface area contributed by atoms with E-state index in [1.54, 1.807) is 0 Å². The topological polar surface area (TPSA) is 46.5 Å². The van der Waals surface area contributed by atoms with Crippen molar-refractivity contribution >= 4 is 21.9 Å². The highest BCUT2D eigenvalue weighted by Gasteiger charge is 2.28. The van der Waals surface area contributed by atoms with Gasteiger partial charge >= 0.3 is 5.97 Å². The van der Waals surface area contributed by atoms with Gasteiger partial charge in [0.2, 0.25) is 0 Å². The van der Waals surface area contributed by atoms with Crippen LogP contribution in [0, 0.1) is 17.5 Å². The van der Waals surface area contributed by atoms with Gasteiger partial charge in [0.15, 0.2) is 6.10 Å². The Bertz CT molecular complexity index is 436. The predicted molar refractivity (Wildman–Crippen MR) is 51.0 cm³/mol. The van der Waals surface area contributed by atoms with E-state index in [1.165, 1.54) is 0 Å². The minimum absolute atomic E-state index is 0.356. The van der Waals surface area contributed by atoms with Crippen molar-refractivity contribution in [2.45, 2.75) is 6.10 Å². The Balaban J connectivity index is 3.34. The second kappa shape index (κ2) is 4.84. The Morgan fingerprint density at radius 1 is 1.44 bits per heavy atom. The van der Waals surface area contributed by atoms with Gasteiger partial charge in [-0.1, -0.05) is 0 Å². The fraction of sp³-hybridized carbons (Fsp3) is 0.222. The largest absolute Gasteiger partial charge is 0.467 e. The molecular formula is C9H6BrF3O3. The number of aliphatic hydroxyl groups excluding tert-OH is 1. The van der Waals surface area contributed by atoms with Crippen molar-refractivity contribution in [3.8, 4) is 0 Å². The fourth-order valence-electron chi connectivity index (χ4n) is 1.06. The van der Waals surface area contributed by atoms with Crippen LogP contribution in [-0.4, -0.2) is 18.2 Å². The molecular weight excluding hydrogens is 293 g/mol. The lowest BCUT2D eigenvalue weighted by molar-refractivity contribution is -0.151. The number of carbonyl (C=O) groups excluding carboxylic acids is 1. The van der Waals surface area contributed by atoms with Crippen molar-refractivity contribution in [1.29, 1.82) is 0 Å². The van der Waals surface area contributed by atoms with E-state index in [9.17, 15) is 23.1 Å². The zero-order chi connectivity index (χ0) is 12.5. The first-order chi connectivity index (χ1) is 7.40. The number of carbonyl (C=O) groups is 1. The molecule has 1 N–H and O–H groups in total. The molecule has 0 aromatic heterocycles. The highest BCUT2D eigenvalue weighted by Crippen LogP contribution is 2.29. The number of benzene rings is 1. The highest BCUT2D eigenvalue weighted by atomic mass is 79.9. The van der Waals surface area contributed by atoms with Crippen LogP contribution in [0.1, 0.15) is 11.7 Å². The summed E-state index contributed by atoms with van der Waals surface area (Å²) in [6.45, 7) is 0. The molecule has 0 aliphatic rings. The molecule has 3 nitrogen and oxygen atoms in total. The van der Waals surface area contributed by atoms with Crippen LogP contribution in [0.4, 0.5) is 13.2 Å². The molecule has 0 aliphatic heterocycles. The summed E-state index contributed by atoms with van der Waals surface area (Å²) < 4.78 is 42.8. The van der Waals surface area contributed by atoms with E-state index in [1.807, 2.05) is 0 Å². The Morgan fingerprint density at radius 2 is 2.00 bits per heavy atom. The molecule has 0 fully saturated rings. The van der Waals surface area contributed by atoms with Crippen LogP contribution in [0.5, 0.6) is 0 Å². The lowest BCUT2D eigenvalue weighted by Crippen LogP contribution is -2.17. The molecule has 1 aromatic rings. The van der Waals surface area contributed by atoms with E-state index >= 15 is 0 Å². The number of ether oxygens (including phenoxy) is 1. The van der Waals surface area contributed by atoms with Gasteiger partial charge in [0.1, 0.15) is 17.5 Å². The molecule has 0 aliphatic carbocycles. The van der Waals surface area contributed by atoms with Gasteiger partial charge in [-0.15, -0.1) is 0 Å². The fourth-order valence-corrected chi connectivity index (χ4v) is 1.39. The van der Waals surface area contributed by atoms with E-state index < -0.39 is 39.6 Å². The van der Waals surface area contributed by atoms with Gasteiger partial charge in [0, 0.05) is 6.07 Å². The summed E-state index contributed by atoms with van der Waals surface area (Å²) >= 11 is 2.52. The Morgan fingerprint density at radius 3 is 2.50 bits per heavy atom. The van der Waals surface area contributed by atoms with Crippen molar-refractivity contribution in [2.75, 3.05) is 7.11 Å². The van der Waals surface area contributed by atoms with Crippen LogP contribution >= 0.6 is 15.9 Å². The quantitative estimate of drug-likeness (QED) is 0.516. The number of esters is 1. The van der Waals surface area contributed by atoms with Crippen molar-refractivity contribution in [3.63, 3.8) is 0 Å². The molecule has 1 rings (SSSR count). The van der Waals surface area contributed by atoms with Crippen molar-refractivity contribution in [1.82, 2.24) is 0 Å². The smallest absolute Gasteiger partial charge is 0.339 e. The normalized spacial score (nSPS) is 12.4. The molecule has 0 saturated carbocycles. The molecule has 0 amide bonds. The Hall–Kier alpha value is -1.08. The number of hydrogen-bond acceptors (Lipinski definition) is 3. The third-order valence-corrected chi connectivity index (χ3v) is 2.57. The maximum atomic E-state index is 13.4. The second-order valence-corrected chi connectivity index (χ2v) is 3.60. The lowest BCUT2D eigenvalue weighted by atomic mass is 10.1. The molecule has 88 valence electrons. The third-order valence-electron chi connectivity index (χ3n) is 1.85. The minimum atomic E-state index is -2.14. The molecule has 7 heteroatoms. The van der Waals surface area contributed by atoms with E-state index in [2.05, 4.69) is 20.7 Å². The molecule has 1 aromatic carbocycles. The Labute approximate surface area is 97.0 Å². The number of aliphatic hydroxyl groups is 1. The molecule has 0 spiro atoms. The Kier molecular flexibility index (Phi) is 3.93. The van der Waals surface area contributed by atoms with Crippen LogP contribution in [0.15, 0.2) is 10.5 Å². The molecule has 0 saturated heterocycles. The van der Waals surface area contributed by atoms with E-state index in [0.29, 0.717) is 6.07 Å². The first-order valence-electron chi connectivity index (χ1n) is 3.99. The summed E-state index contributed by atoms with van der Waals surface area (Å²) in [4.78, 5) is 10.9. The number of methoxy groups -OCH3 is 1. The summed E-state index contributed by atoms with van der Waals surface area (Å²) in [5.41, 5.74) is -0.958. The van der Waals surface area contributed by atoms with E-state index in [0.717, 1.165) is 7.11 Å². The molecule has 0 radical (unpaired) electrons. The molecule has 16 heavy (non-hydrogen) atoms. The predicted octanol–water partition coefficient (Wildman–Crippen LogP) is 2.07.